The molecule has 150 heavy (non-hydrogen) atoms. The molecule has 58 heteroatoms. The van der Waals surface area contributed by atoms with E-state index in [1.54, 1.807) is 140 Å². The molecule has 0 radical (unpaired) electrons. The number of aromatic nitrogens is 6. The fraction of sp³-hybridized carbons (Fsp3) is 0.0870. The van der Waals surface area contributed by atoms with Gasteiger partial charge in [-0.05, 0) is 278 Å². The Hall–Kier alpha value is -18.0. The molecule has 50 nitrogen and oxygen atoms in total. The van der Waals surface area contributed by atoms with Crippen LogP contribution in [0.5, 0.6) is 0 Å². The predicted octanol–water partition coefficient (Wildman–Crippen LogP) is 21.5. The van der Waals surface area contributed by atoms with Crippen molar-refractivity contribution in [3.05, 3.63) is 347 Å². The van der Waals surface area contributed by atoms with Gasteiger partial charge in [-0.25, -0.2) is 4.98 Å². The first kappa shape index (κ1) is 112. The molecule has 766 valence electrons. The van der Waals surface area contributed by atoms with E-state index in [-0.39, 0.29) is 63.4 Å². The van der Waals surface area contributed by atoms with Crippen LogP contribution in [0.15, 0.2) is 393 Å². The highest BCUT2D eigenvalue weighted by Crippen LogP contribution is 2.38. The van der Waals surface area contributed by atoms with Crippen LogP contribution < -0.4 is 21.3 Å². The van der Waals surface area contributed by atoms with Gasteiger partial charge in [0.1, 0.15) is 32.8 Å². The normalized spacial score (nSPS) is 11.6. The van der Waals surface area contributed by atoms with Crippen molar-refractivity contribution < 1.29 is 102 Å². The van der Waals surface area contributed by atoms with Crippen LogP contribution in [-0.2, 0) is 109 Å². The van der Waals surface area contributed by atoms with E-state index >= 15 is 0 Å². The molecular weight excluding hydrogens is 2110 g/mol. The maximum Gasteiger partial charge on any atom is 0.425 e. The van der Waals surface area contributed by atoms with Crippen molar-refractivity contribution in [2.45, 2.75) is 73.2 Å². The minimum atomic E-state index is -4.79. The Labute approximate surface area is 859 Å². The van der Waals surface area contributed by atoms with Crippen molar-refractivity contribution in [2.75, 3.05) is 21.3 Å². The lowest BCUT2D eigenvalue weighted by Crippen LogP contribution is -2.11. The van der Waals surface area contributed by atoms with Gasteiger partial charge in [0.15, 0.2) is 0 Å². The first-order valence-electron chi connectivity index (χ1n) is 42.4. The number of benzene rings is 13. The monoisotopic (exact) mass is 2180 g/mol. The predicted molar refractivity (Wildman–Crippen MR) is 541 cm³/mol. The smallest absolute Gasteiger partial charge is 0.350 e. The van der Waals surface area contributed by atoms with E-state index in [4.69, 9.17) is 80.4 Å². The molecule has 0 aliphatic carbocycles. The summed E-state index contributed by atoms with van der Waals surface area (Å²) in [6.45, 7) is 7.94. The van der Waals surface area contributed by atoms with Crippen LogP contribution in [0.3, 0.4) is 0 Å². The van der Waals surface area contributed by atoms with Crippen molar-refractivity contribution in [3.63, 3.8) is 0 Å². The van der Waals surface area contributed by atoms with Gasteiger partial charge in [-0.2, -0.15) is 130 Å². The van der Waals surface area contributed by atoms with Gasteiger partial charge in [-0.15, -0.1) is 60.7 Å². The SMILES string of the molecule is Cc1cc(Cc2nc(Cc3ccc(N=Nc4ccc(N=Nc5ccccc5)cc4S(=O)(=O)O)c(C)c3)nc(NCc3ccc(CNc4nc(Nc5ccc(N=Nc6ccc(N=Nc7ccc(S(=O)(=O)O)cc7)cc6)c(C)c5)nc(Nc5ccc(N=Nc6ccc(N=Nc7ccccc7)cc6S(=O)(=O)O)c(C)c5)n4)cc3)n2)ccc1N=Nc1ccc(N=Nc2ccc(S(=O)(=O)O)cc2)cc1.O=S(=O)=O.O=S(=O)=O.O=S(=O)=O.O=S(=O)=O. The van der Waals surface area contributed by atoms with Crippen molar-refractivity contribution in [1.29, 1.82) is 0 Å². The van der Waals surface area contributed by atoms with E-state index in [0.717, 1.165) is 45.5 Å². The maximum atomic E-state index is 12.6. The fourth-order valence-electron chi connectivity index (χ4n) is 12.7. The molecular formula is C92H76N26O24S8. The average molecular weight is 2190 g/mol. The Bertz CT molecular complexity index is 8180. The zero-order valence-electron chi connectivity index (χ0n) is 77.6. The second-order valence-corrected chi connectivity index (χ2v) is 37.7. The van der Waals surface area contributed by atoms with Gasteiger partial charge in [0.05, 0.1) is 89.4 Å². The van der Waals surface area contributed by atoms with Crippen molar-refractivity contribution >= 4 is 209 Å². The van der Waals surface area contributed by atoms with Gasteiger partial charge in [0, 0.05) is 37.3 Å². The summed E-state index contributed by atoms with van der Waals surface area (Å²) in [5.41, 5.74) is 13.4. The number of aryl methyl sites for hydroxylation is 4. The summed E-state index contributed by atoms with van der Waals surface area (Å²) in [4.78, 5) is 27.6. The first-order valence-corrected chi connectivity index (χ1v) is 52.2. The minimum Gasteiger partial charge on any atom is -0.350 e. The number of nitrogens with zero attached hydrogens (tertiary/aromatic N) is 22. The van der Waals surface area contributed by atoms with Crippen LogP contribution in [0.2, 0.25) is 0 Å². The van der Waals surface area contributed by atoms with E-state index < -0.39 is 92.7 Å². The minimum absolute atomic E-state index is 0.118. The van der Waals surface area contributed by atoms with E-state index in [1.807, 2.05) is 93.6 Å². The highest BCUT2D eigenvalue weighted by Gasteiger charge is 2.22. The average Bonchev–Trinajstić information content (AvgIpc) is 0.807. The summed E-state index contributed by atoms with van der Waals surface area (Å²) in [6, 6.07) is 79.6. The quantitative estimate of drug-likeness (QED) is 0.0137. The number of nitrogens with one attached hydrogen (secondary N) is 4. The molecule has 2 heterocycles. The summed E-state index contributed by atoms with van der Waals surface area (Å²) in [5, 5.41) is 81.7. The summed E-state index contributed by atoms with van der Waals surface area (Å²) in [7, 11) is -30.7. The number of hydrogen-bond acceptors (Lipinski definition) is 46. The van der Waals surface area contributed by atoms with Gasteiger partial charge in [0.2, 0.25) is 23.8 Å². The fourth-order valence-corrected chi connectivity index (χ4v) is 15.0. The molecule has 0 unspecified atom stereocenters. The van der Waals surface area contributed by atoms with Crippen LogP contribution in [-0.4, -0.2) is 132 Å². The lowest BCUT2D eigenvalue weighted by Gasteiger charge is -2.13. The molecule has 0 spiro atoms. The van der Waals surface area contributed by atoms with Crippen LogP contribution >= 0.6 is 0 Å². The molecule has 0 fully saturated rings. The molecule has 13 aromatic carbocycles. The largest absolute Gasteiger partial charge is 0.425 e. The highest BCUT2D eigenvalue weighted by molar-refractivity contribution is 7.86. The second-order valence-electron chi connectivity index (χ2n) is 30.5. The Morgan fingerprint density at radius 3 is 0.760 bits per heavy atom. The molecule has 0 aliphatic heterocycles. The zero-order valence-corrected chi connectivity index (χ0v) is 84.1. The summed E-state index contributed by atoms with van der Waals surface area (Å²) in [6.07, 6.45) is 0.547. The van der Waals surface area contributed by atoms with E-state index in [9.17, 15) is 51.9 Å². The van der Waals surface area contributed by atoms with Crippen molar-refractivity contribution in [3.8, 4) is 0 Å². The Balaban J connectivity index is 0.00000124. The second kappa shape index (κ2) is 53.2. The Kier molecular flexibility index (Phi) is 39.8. The first-order chi connectivity index (χ1) is 71.3. The molecule has 0 saturated carbocycles. The number of rotatable bonds is 34. The number of anilines is 6. The molecule has 15 aromatic rings. The third-order valence-corrected chi connectivity index (χ3v) is 23.1. The van der Waals surface area contributed by atoms with Crippen LogP contribution in [0.1, 0.15) is 56.2 Å². The molecule has 0 atom stereocenters. The Morgan fingerprint density at radius 2 is 0.467 bits per heavy atom. The summed E-state index contributed by atoms with van der Waals surface area (Å²) in [5.74, 6) is 1.68. The van der Waals surface area contributed by atoms with Crippen molar-refractivity contribution in [1.82, 2.24) is 29.9 Å². The van der Waals surface area contributed by atoms with Crippen LogP contribution in [0, 0.1) is 27.7 Å². The molecule has 0 saturated heterocycles. The van der Waals surface area contributed by atoms with Gasteiger partial charge >= 0.3 is 42.4 Å². The highest BCUT2D eigenvalue weighted by atomic mass is 32.2. The topological polar surface area (TPSA) is 746 Å². The Morgan fingerprint density at radius 1 is 0.233 bits per heavy atom. The third-order valence-electron chi connectivity index (χ3n) is 19.6. The molecule has 0 bridgehead atoms. The van der Waals surface area contributed by atoms with Crippen LogP contribution in [0.4, 0.5) is 126 Å². The molecule has 0 amide bonds. The van der Waals surface area contributed by atoms with E-state index in [0.29, 0.717) is 121 Å². The molecule has 15 rings (SSSR count). The number of hydrogen-bond donors (Lipinski definition) is 8. The molecule has 2 aromatic heterocycles. The summed E-state index contributed by atoms with van der Waals surface area (Å²) >= 11 is 0. The maximum absolute atomic E-state index is 12.6. The number of azo groups is 8. The standard InChI is InChI=1S/C92H76N26O12S4.4O3S/c1-57-47-63(19-41-79(57)113-109-69-25-21-67(22-26-69)105-107-71-29-37-77(38-30-71)131(119,120)121)51-87-97-88(52-64-20-42-80(58(2)48-64)115-117-83-45-35-75(53-85(83)133(125,126)127)111-103-65-11-7-5-8-12-65)99-89(98-87)93-55-61-15-17-62(18-16-61)56-94-90-100-91(95-73-33-43-81(59(3)49-73)114-110-70-27-23-68(24-28-70)106-108-72-31-39-78(40-32-72)132(122,123)124)102-92(101-90)96-74-34-44-82(60(4)50-74)116-118-84-46-36-76(54-86(84)134(128,129)130)112-104-66-13-9-6-10-14-66;4*1-4(2)3/h5-50,53-54H,51-52,55-56H2,1-4H3,(H,119,120,121)(H,122,123,124)(H,125,126,127)(H,128,129,130)(H,93,97,98,99)(H3,94,95,96,100,101,102);;;;. The third kappa shape index (κ3) is 37.6. The van der Waals surface area contributed by atoms with Crippen molar-refractivity contribution in [2.24, 2.45) is 81.8 Å². The van der Waals surface area contributed by atoms with Gasteiger partial charge < -0.3 is 21.3 Å². The zero-order chi connectivity index (χ0) is 108. The lowest BCUT2D eigenvalue weighted by molar-refractivity contribution is 0.481. The van der Waals surface area contributed by atoms with Gasteiger partial charge in [-0.1, -0.05) is 84.9 Å². The van der Waals surface area contributed by atoms with E-state index in [1.165, 1.54) is 72.8 Å². The lowest BCUT2D eigenvalue weighted by atomic mass is 10.1. The molecule has 0 aliphatic rings. The van der Waals surface area contributed by atoms with Gasteiger partial charge in [-0.3, -0.25) is 18.2 Å². The van der Waals surface area contributed by atoms with E-state index in [2.05, 4.69) is 103 Å². The van der Waals surface area contributed by atoms with Gasteiger partial charge in [0.25, 0.3) is 40.5 Å². The molecule has 8 N–H and O–H groups in total. The van der Waals surface area contributed by atoms with Crippen LogP contribution in [0.25, 0.3) is 0 Å². The summed E-state index contributed by atoms with van der Waals surface area (Å²) < 4.78 is 237.